The van der Waals surface area contributed by atoms with Crippen LogP contribution in [-0.2, 0) is 4.79 Å². The molecule has 1 saturated carbocycles. The smallest absolute Gasteiger partial charge is 0.220 e. The second-order valence-electron chi connectivity index (χ2n) is 5.09. The molecule has 3 nitrogen and oxygen atoms in total. The summed E-state index contributed by atoms with van der Waals surface area (Å²) in [5.74, 6) is 1.88. The molecular weight excluding hydrogens is 188 g/mol. The summed E-state index contributed by atoms with van der Waals surface area (Å²) in [4.78, 5) is 11.5. The summed E-state index contributed by atoms with van der Waals surface area (Å²) in [7, 11) is 0. The molecule has 3 heteroatoms. The van der Waals surface area contributed by atoms with E-state index in [1.807, 2.05) is 0 Å². The Morgan fingerprint density at radius 3 is 2.67 bits per heavy atom. The van der Waals surface area contributed by atoms with E-state index in [1.54, 1.807) is 0 Å². The van der Waals surface area contributed by atoms with Gasteiger partial charge in [-0.2, -0.15) is 0 Å². The predicted molar refractivity (Wildman–Crippen MR) is 62.4 cm³/mol. The number of carbonyl (C=O) groups is 1. The van der Waals surface area contributed by atoms with Gasteiger partial charge in [0, 0.05) is 13.0 Å². The van der Waals surface area contributed by atoms with Gasteiger partial charge in [0.25, 0.3) is 0 Å². The van der Waals surface area contributed by atoms with Crippen LogP contribution in [0, 0.1) is 17.8 Å². The summed E-state index contributed by atoms with van der Waals surface area (Å²) in [5.41, 5.74) is 5.70. The van der Waals surface area contributed by atoms with Crippen LogP contribution in [0.2, 0.25) is 0 Å². The Balaban J connectivity index is 2.21. The third-order valence-electron chi connectivity index (χ3n) is 3.27. The quantitative estimate of drug-likeness (QED) is 0.726. The van der Waals surface area contributed by atoms with Crippen LogP contribution in [0.1, 0.15) is 39.5 Å². The topological polar surface area (TPSA) is 55.1 Å². The predicted octanol–water partition coefficient (Wildman–Crippen LogP) is 1.52. The zero-order valence-electron chi connectivity index (χ0n) is 9.96. The van der Waals surface area contributed by atoms with Gasteiger partial charge < -0.3 is 11.1 Å². The van der Waals surface area contributed by atoms with Crippen molar-refractivity contribution < 1.29 is 4.79 Å². The Morgan fingerprint density at radius 1 is 1.40 bits per heavy atom. The summed E-state index contributed by atoms with van der Waals surface area (Å²) in [5, 5.41) is 3.03. The summed E-state index contributed by atoms with van der Waals surface area (Å²) >= 11 is 0. The molecule has 3 N–H and O–H groups in total. The van der Waals surface area contributed by atoms with Crippen molar-refractivity contribution in [2.45, 2.75) is 39.5 Å². The maximum atomic E-state index is 11.5. The molecule has 1 rings (SSSR count). The minimum Gasteiger partial charge on any atom is -0.356 e. The fourth-order valence-corrected chi connectivity index (χ4v) is 2.38. The van der Waals surface area contributed by atoms with E-state index in [4.69, 9.17) is 5.73 Å². The van der Waals surface area contributed by atoms with Crippen molar-refractivity contribution in [2.75, 3.05) is 13.1 Å². The average Bonchev–Trinajstić information content (AvgIpc) is 2.60. The number of hydrogen-bond acceptors (Lipinski definition) is 2. The maximum Gasteiger partial charge on any atom is 0.220 e. The van der Waals surface area contributed by atoms with Crippen molar-refractivity contribution in [3.05, 3.63) is 0 Å². The van der Waals surface area contributed by atoms with Crippen LogP contribution in [0.5, 0.6) is 0 Å². The van der Waals surface area contributed by atoms with E-state index in [-0.39, 0.29) is 5.91 Å². The molecule has 1 fully saturated rings. The first-order valence-corrected chi connectivity index (χ1v) is 6.10. The molecule has 1 aliphatic rings. The van der Waals surface area contributed by atoms with Crippen molar-refractivity contribution in [3.8, 4) is 0 Å². The molecule has 2 unspecified atom stereocenters. The minimum atomic E-state index is 0.188. The Labute approximate surface area is 92.8 Å². The lowest BCUT2D eigenvalue weighted by Gasteiger charge is -2.18. The normalized spacial score (nSPS) is 25.9. The maximum absolute atomic E-state index is 11.5. The molecule has 0 aromatic rings. The van der Waals surface area contributed by atoms with Gasteiger partial charge in [0.1, 0.15) is 0 Å². The van der Waals surface area contributed by atoms with Gasteiger partial charge in [-0.15, -0.1) is 0 Å². The van der Waals surface area contributed by atoms with Crippen LogP contribution in [0.3, 0.4) is 0 Å². The van der Waals surface area contributed by atoms with Gasteiger partial charge in [-0.25, -0.2) is 0 Å². The minimum absolute atomic E-state index is 0.188. The second-order valence-corrected chi connectivity index (χ2v) is 5.09. The molecule has 1 amide bonds. The third-order valence-corrected chi connectivity index (χ3v) is 3.27. The van der Waals surface area contributed by atoms with Crippen LogP contribution in [0.25, 0.3) is 0 Å². The highest BCUT2D eigenvalue weighted by Gasteiger charge is 2.26. The van der Waals surface area contributed by atoms with Crippen LogP contribution in [0.4, 0.5) is 0 Å². The highest BCUT2D eigenvalue weighted by molar-refractivity contribution is 5.76. The molecule has 15 heavy (non-hydrogen) atoms. The zero-order valence-corrected chi connectivity index (χ0v) is 9.96. The van der Waals surface area contributed by atoms with E-state index in [9.17, 15) is 4.79 Å². The van der Waals surface area contributed by atoms with Crippen LogP contribution in [-0.4, -0.2) is 19.0 Å². The summed E-state index contributed by atoms with van der Waals surface area (Å²) in [6.07, 6.45) is 4.37. The van der Waals surface area contributed by atoms with E-state index in [2.05, 4.69) is 19.2 Å². The Bertz CT molecular complexity index is 204. The Kier molecular flexibility index (Phi) is 5.09. The van der Waals surface area contributed by atoms with Gasteiger partial charge in [0.05, 0.1) is 0 Å². The fourth-order valence-electron chi connectivity index (χ4n) is 2.38. The molecule has 2 atom stereocenters. The number of nitrogens with two attached hydrogens (primary N) is 1. The molecule has 0 heterocycles. The van der Waals surface area contributed by atoms with E-state index in [0.717, 1.165) is 13.1 Å². The van der Waals surface area contributed by atoms with Crippen molar-refractivity contribution in [3.63, 3.8) is 0 Å². The lowest BCUT2D eigenvalue weighted by atomic mass is 9.96. The molecule has 0 spiro atoms. The van der Waals surface area contributed by atoms with Gasteiger partial charge in [-0.05, 0) is 37.1 Å². The SMILES string of the molecule is CC(C)CC(=O)NCC1CCCC1CN. The summed E-state index contributed by atoms with van der Waals surface area (Å²) < 4.78 is 0. The summed E-state index contributed by atoms with van der Waals surface area (Å²) in [6, 6.07) is 0. The van der Waals surface area contributed by atoms with E-state index >= 15 is 0 Å². The van der Waals surface area contributed by atoms with Gasteiger partial charge in [-0.3, -0.25) is 4.79 Å². The standard InChI is InChI=1S/C12H24N2O/c1-9(2)6-12(15)14-8-11-5-3-4-10(11)7-13/h9-11H,3-8,13H2,1-2H3,(H,14,15). The number of carbonyl (C=O) groups excluding carboxylic acids is 1. The molecule has 0 bridgehead atoms. The molecular formula is C12H24N2O. The molecule has 0 saturated heterocycles. The molecule has 0 aliphatic heterocycles. The van der Waals surface area contributed by atoms with Gasteiger partial charge >= 0.3 is 0 Å². The third kappa shape index (κ3) is 4.20. The average molecular weight is 212 g/mol. The molecule has 0 aromatic carbocycles. The van der Waals surface area contributed by atoms with Crippen LogP contribution in [0.15, 0.2) is 0 Å². The highest BCUT2D eigenvalue weighted by Crippen LogP contribution is 2.30. The number of rotatable bonds is 5. The lowest BCUT2D eigenvalue weighted by Crippen LogP contribution is -2.33. The number of amides is 1. The summed E-state index contributed by atoms with van der Waals surface area (Å²) in [6.45, 7) is 5.73. The Morgan fingerprint density at radius 2 is 2.07 bits per heavy atom. The van der Waals surface area contributed by atoms with Crippen LogP contribution < -0.4 is 11.1 Å². The lowest BCUT2D eigenvalue weighted by molar-refractivity contribution is -0.122. The van der Waals surface area contributed by atoms with E-state index in [1.165, 1.54) is 19.3 Å². The molecule has 88 valence electrons. The van der Waals surface area contributed by atoms with Crippen molar-refractivity contribution in [2.24, 2.45) is 23.5 Å². The largest absolute Gasteiger partial charge is 0.356 e. The molecule has 0 radical (unpaired) electrons. The Hall–Kier alpha value is -0.570. The monoisotopic (exact) mass is 212 g/mol. The number of nitrogens with one attached hydrogen (secondary N) is 1. The van der Waals surface area contributed by atoms with Gasteiger partial charge in [0.2, 0.25) is 5.91 Å². The zero-order chi connectivity index (χ0) is 11.3. The van der Waals surface area contributed by atoms with E-state index in [0.29, 0.717) is 24.2 Å². The van der Waals surface area contributed by atoms with Crippen molar-refractivity contribution in [1.29, 1.82) is 0 Å². The fraction of sp³-hybridized carbons (Fsp3) is 0.917. The van der Waals surface area contributed by atoms with Crippen molar-refractivity contribution in [1.82, 2.24) is 5.32 Å². The van der Waals surface area contributed by atoms with Crippen molar-refractivity contribution >= 4 is 5.91 Å². The number of hydrogen-bond donors (Lipinski definition) is 2. The van der Waals surface area contributed by atoms with Crippen LogP contribution >= 0.6 is 0 Å². The first-order chi connectivity index (χ1) is 7.13. The molecule has 0 aromatic heterocycles. The first-order valence-electron chi connectivity index (χ1n) is 6.10. The van der Waals surface area contributed by atoms with E-state index < -0.39 is 0 Å². The van der Waals surface area contributed by atoms with Gasteiger partial charge in [-0.1, -0.05) is 20.3 Å². The highest BCUT2D eigenvalue weighted by atomic mass is 16.1. The van der Waals surface area contributed by atoms with Gasteiger partial charge in [0.15, 0.2) is 0 Å². The second kappa shape index (κ2) is 6.11. The first kappa shape index (κ1) is 12.5. The molecule has 1 aliphatic carbocycles.